The average Bonchev–Trinajstić information content (AvgIpc) is 3.57. The minimum Gasteiger partial charge on any atom is -0.382 e. The van der Waals surface area contributed by atoms with Crippen molar-refractivity contribution in [1.82, 2.24) is 39.2 Å². The Morgan fingerprint density at radius 1 is 1.02 bits per heavy atom. The Balaban J connectivity index is 1.20. The molecule has 0 saturated heterocycles. The standard InChI is InChI=1S/C27H32F2N10O2S/c1-38-11-9-22(37-38)21-14-32-26(12-23(21)34-19-4-2-18(3-5-19)31-15-24(28)29)35-25-8-10-30-27(36-25)17-13-33-39(16-17)42(40,41)20-6-7-20/h8-14,16,18-20,24,31H,2-7,15H2,1H3,(H2,30,32,34,35,36). The third-order valence-electron chi connectivity index (χ3n) is 7.48. The van der Waals surface area contributed by atoms with Gasteiger partial charge in [0.25, 0.3) is 16.4 Å². The summed E-state index contributed by atoms with van der Waals surface area (Å²) in [7, 11) is -1.63. The van der Waals surface area contributed by atoms with Gasteiger partial charge in [0.15, 0.2) is 5.82 Å². The van der Waals surface area contributed by atoms with E-state index < -0.39 is 16.4 Å². The molecule has 2 aliphatic carbocycles. The molecule has 4 heterocycles. The number of pyridine rings is 1. The fourth-order valence-corrected chi connectivity index (χ4v) is 6.58. The molecule has 0 atom stereocenters. The Bertz CT molecular complexity index is 1650. The molecule has 0 radical (unpaired) electrons. The van der Waals surface area contributed by atoms with Crippen LogP contribution in [0, 0.1) is 0 Å². The number of halogens is 2. The van der Waals surface area contributed by atoms with Gasteiger partial charge < -0.3 is 16.0 Å². The fraction of sp³-hybridized carbons (Fsp3) is 0.444. The van der Waals surface area contributed by atoms with Crippen LogP contribution in [-0.4, -0.2) is 72.6 Å². The summed E-state index contributed by atoms with van der Waals surface area (Å²) in [6, 6.07) is 5.77. The van der Waals surface area contributed by atoms with E-state index in [1.807, 2.05) is 25.4 Å². The first-order chi connectivity index (χ1) is 20.2. The predicted octanol–water partition coefficient (Wildman–Crippen LogP) is 3.80. The van der Waals surface area contributed by atoms with E-state index in [9.17, 15) is 17.2 Å². The minimum absolute atomic E-state index is 0.0925. The van der Waals surface area contributed by atoms with Gasteiger partial charge in [-0.25, -0.2) is 32.2 Å². The molecule has 4 aromatic heterocycles. The number of nitrogens with one attached hydrogen (secondary N) is 3. The normalized spacial score (nSPS) is 19.2. The molecule has 2 saturated carbocycles. The van der Waals surface area contributed by atoms with Gasteiger partial charge in [-0.15, -0.1) is 0 Å². The predicted molar refractivity (Wildman–Crippen MR) is 154 cm³/mol. The van der Waals surface area contributed by atoms with Gasteiger partial charge >= 0.3 is 0 Å². The first-order valence-corrected chi connectivity index (χ1v) is 15.4. The lowest BCUT2D eigenvalue weighted by atomic mass is 9.90. The van der Waals surface area contributed by atoms with Crippen LogP contribution in [0.5, 0.6) is 0 Å². The van der Waals surface area contributed by atoms with Gasteiger partial charge in [-0.05, 0) is 50.7 Å². The monoisotopic (exact) mass is 598 g/mol. The number of aryl methyl sites for hydroxylation is 1. The molecule has 2 fully saturated rings. The van der Waals surface area contributed by atoms with Crippen LogP contribution in [0.1, 0.15) is 38.5 Å². The minimum atomic E-state index is -3.49. The maximum Gasteiger partial charge on any atom is 0.256 e. The highest BCUT2D eigenvalue weighted by Crippen LogP contribution is 2.33. The van der Waals surface area contributed by atoms with E-state index in [4.69, 9.17) is 0 Å². The molecule has 0 aromatic carbocycles. The van der Waals surface area contributed by atoms with E-state index in [0.29, 0.717) is 35.9 Å². The Morgan fingerprint density at radius 2 is 1.81 bits per heavy atom. The number of aromatic nitrogens is 7. The molecule has 2 aliphatic rings. The van der Waals surface area contributed by atoms with Gasteiger partial charge in [0.2, 0.25) is 0 Å². The number of alkyl halides is 2. The summed E-state index contributed by atoms with van der Waals surface area (Å²) >= 11 is 0. The molecule has 0 spiro atoms. The van der Waals surface area contributed by atoms with Crippen molar-refractivity contribution >= 4 is 27.3 Å². The van der Waals surface area contributed by atoms with Crippen molar-refractivity contribution in [3.8, 4) is 22.6 Å². The smallest absolute Gasteiger partial charge is 0.256 e. The first kappa shape index (κ1) is 28.2. The maximum atomic E-state index is 12.6. The highest BCUT2D eigenvalue weighted by Gasteiger charge is 2.37. The summed E-state index contributed by atoms with van der Waals surface area (Å²) in [6.07, 6.45) is 10.3. The number of hydrogen-bond donors (Lipinski definition) is 3. The Labute approximate surface area is 242 Å². The molecule has 0 unspecified atom stereocenters. The lowest BCUT2D eigenvalue weighted by Gasteiger charge is -2.31. The van der Waals surface area contributed by atoms with Crippen molar-refractivity contribution in [3.05, 3.63) is 49.2 Å². The van der Waals surface area contributed by atoms with Gasteiger partial charge in [-0.1, -0.05) is 0 Å². The summed E-state index contributed by atoms with van der Waals surface area (Å²) < 4.78 is 53.0. The third-order valence-corrected chi connectivity index (χ3v) is 9.51. The number of rotatable bonds is 11. The lowest BCUT2D eigenvalue weighted by molar-refractivity contribution is 0.137. The molecule has 4 aromatic rings. The van der Waals surface area contributed by atoms with Crippen LogP contribution in [-0.2, 0) is 17.1 Å². The zero-order chi connectivity index (χ0) is 29.3. The molecule has 15 heteroatoms. The van der Waals surface area contributed by atoms with Crippen molar-refractivity contribution in [2.45, 2.75) is 62.3 Å². The van der Waals surface area contributed by atoms with E-state index in [0.717, 1.165) is 46.7 Å². The quantitative estimate of drug-likeness (QED) is 0.233. The second-order valence-electron chi connectivity index (χ2n) is 10.7. The molecular weight excluding hydrogens is 566 g/mol. The fourth-order valence-electron chi connectivity index (χ4n) is 5.10. The van der Waals surface area contributed by atoms with Crippen LogP contribution >= 0.6 is 0 Å². The van der Waals surface area contributed by atoms with Crippen molar-refractivity contribution in [2.24, 2.45) is 7.05 Å². The Hall–Kier alpha value is -3.98. The van der Waals surface area contributed by atoms with Crippen LogP contribution in [0.15, 0.2) is 49.2 Å². The number of anilines is 3. The average molecular weight is 599 g/mol. The number of nitrogens with zero attached hydrogens (tertiary/aromatic N) is 7. The summed E-state index contributed by atoms with van der Waals surface area (Å²) in [4.78, 5) is 13.4. The van der Waals surface area contributed by atoms with E-state index >= 15 is 0 Å². The molecule has 0 aliphatic heterocycles. The van der Waals surface area contributed by atoms with Gasteiger partial charge in [0.05, 0.1) is 35.4 Å². The van der Waals surface area contributed by atoms with Crippen molar-refractivity contribution in [2.75, 3.05) is 17.2 Å². The van der Waals surface area contributed by atoms with E-state index in [1.54, 1.807) is 23.1 Å². The molecule has 6 rings (SSSR count). The Kier molecular flexibility index (Phi) is 7.86. The highest BCUT2D eigenvalue weighted by molar-refractivity contribution is 7.90. The third kappa shape index (κ3) is 6.41. The van der Waals surface area contributed by atoms with Crippen LogP contribution < -0.4 is 16.0 Å². The van der Waals surface area contributed by atoms with Gasteiger partial charge in [0.1, 0.15) is 11.6 Å². The van der Waals surface area contributed by atoms with Crippen molar-refractivity contribution < 1.29 is 17.2 Å². The molecular formula is C27H32F2N10O2S. The van der Waals surface area contributed by atoms with Gasteiger partial charge in [-0.2, -0.15) is 14.3 Å². The molecule has 3 N–H and O–H groups in total. The van der Waals surface area contributed by atoms with E-state index in [1.165, 1.54) is 12.4 Å². The van der Waals surface area contributed by atoms with Crippen LogP contribution in [0.25, 0.3) is 22.6 Å². The topological polar surface area (TPSA) is 145 Å². The van der Waals surface area contributed by atoms with Gasteiger partial charge in [-0.3, -0.25) is 4.68 Å². The zero-order valence-corrected chi connectivity index (χ0v) is 23.8. The second kappa shape index (κ2) is 11.7. The molecule has 0 amide bonds. The van der Waals surface area contributed by atoms with Crippen LogP contribution in [0.4, 0.5) is 26.1 Å². The molecule has 12 nitrogen and oxygen atoms in total. The van der Waals surface area contributed by atoms with Crippen LogP contribution in [0.3, 0.4) is 0 Å². The highest BCUT2D eigenvalue weighted by atomic mass is 32.2. The summed E-state index contributed by atoms with van der Waals surface area (Å²) in [5, 5.41) is 18.0. The summed E-state index contributed by atoms with van der Waals surface area (Å²) in [6.45, 7) is -0.279. The van der Waals surface area contributed by atoms with Crippen molar-refractivity contribution in [1.29, 1.82) is 0 Å². The molecule has 222 valence electrons. The summed E-state index contributed by atoms with van der Waals surface area (Å²) in [5.74, 6) is 1.35. The summed E-state index contributed by atoms with van der Waals surface area (Å²) in [5.41, 5.74) is 2.94. The number of hydrogen-bond acceptors (Lipinski definition) is 10. The van der Waals surface area contributed by atoms with Crippen LogP contribution in [0.2, 0.25) is 0 Å². The Morgan fingerprint density at radius 3 is 2.52 bits per heavy atom. The lowest BCUT2D eigenvalue weighted by Crippen LogP contribution is -2.39. The molecule has 42 heavy (non-hydrogen) atoms. The maximum absolute atomic E-state index is 12.6. The van der Waals surface area contributed by atoms with Gasteiger partial charge in [0, 0.05) is 55.0 Å². The SMILES string of the molecule is Cn1ccc(-c2cnc(Nc3ccnc(-c4cnn(S(=O)(=O)C5CC5)c4)n3)cc2NC2CCC(NCC(F)F)CC2)n1. The largest absolute Gasteiger partial charge is 0.382 e. The van der Waals surface area contributed by atoms with E-state index in [2.05, 4.69) is 41.1 Å². The molecule has 0 bridgehead atoms. The van der Waals surface area contributed by atoms with E-state index in [-0.39, 0.29) is 23.9 Å². The van der Waals surface area contributed by atoms with Crippen molar-refractivity contribution in [3.63, 3.8) is 0 Å². The zero-order valence-electron chi connectivity index (χ0n) is 23.0. The second-order valence-corrected chi connectivity index (χ2v) is 12.8. The first-order valence-electron chi connectivity index (χ1n) is 13.9.